The minimum atomic E-state index is 0. The Morgan fingerprint density at radius 2 is 2.15 bits per heavy atom. The van der Waals surface area contributed by atoms with E-state index in [2.05, 4.69) is 27.9 Å². The lowest BCUT2D eigenvalue weighted by atomic mass is 10.1. The molecular formula is C20H33IN4OS. The molecule has 1 amide bonds. The molecule has 1 heterocycles. The van der Waals surface area contributed by atoms with Crippen LogP contribution in [0.15, 0.2) is 29.3 Å². The third kappa shape index (κ3) is 8.72. The quantitative estimate of drug-likeness (QED) is 0.282. The highest BCUT2D eigenvalue weighted by molar-refractivity contribution is 14.0. The minimum Gasteiger partial charge on any atom is -0.357 e. The first kappa shape index (κ1) is 24.1. The molecule has 0 radical (unpaired) electrons. The van der Waals surface area contributed by atoms with Crippen molar-refractivity contribution in [1.82, 2.24) is 10.6 Å². The third-order valence-electron chi connectivity index (χ3n) is 4.54. The number of anilines is 1. The Labute approximate surface area is 185 Å². The van der Waals surface area contributed by atoms with Gasteiger partial charge in [-0.1, -0.05) is 26.0 Å². The molecule has 1 aromatic carbocycles. The number of thioether (sulfide) groups is 1. The predicted molar refractivity (Wildman–Crippen MR) is 128 cm³/mol. The van der Waals surface area contributed by atoms with E-state index in [4.69, 9.17) is 0 Å². The summed E-state index contributed by atoms with van der Waals surface area (Å²) in [5.41, 5.74) is 1.92. The van der Waals surface area contributed by atoms with Crippen molar-refractivity contribution in [2.45, 2.75) is 51.8 Å². The zero-order chi connectivity index (χ0) is 18.8. The van der Waals surface area contributed by atoms with Crippen LogP contribution in [0.2, 0.25) is 0 Å². The number of carbonyl (C=O) groups excluding carboxylic acids is 1. The number of hydrogen-bond donors (Lipinski definition) is 3. The average Bonchev–Trinajstić information content (AvgIpc) is 3.17. The number of guanidine groups is 1. The van der Waals surface area contributed by atoms with Crippen molar-refractivity contribution in [3.05, 3.63) is 29.8 Å². The van der Waals surface area contributed by atoms with Crippen molar-refractivity contribution in [3.63, 3.8) is 0 Å². The van der Waals surface area contributed by atoms with Crippen LogP contribution in [0, 0.1) is 5.92 Å². The molecule has 1 fully saturated rings. The number of amides is 1. The molecule has 0 saturated carbocycles. The Morgan fingerprint density at radius 3 is 2.81 bits per heavy atom. The molecule has 1 aliphatic rings. The zero-order valence-electron chi connectivity index (χ0n) is 16.6. The van der Waals surface area contributed by atoms with E-state index < -0.39 is 0 Å². The maximum absolute atomic E-state index is 12.1. The van der Waals surface area contributed by atoms with Crippen molar-refractivity contribution >= 4 is 53.3 Å². The van der Waals surface area contributed by atoms with Gasteiger partial charge in [-0.2, -0.15) is 11.8 Å². The highest BCUT2D eigenvalue weighted by Crippen LogP contribution is 2.25. The molecule has 0 aromatic heterocycles. The second-order valence-corrected chi connectivity index (χ2v) is 8.12. The van der Waals surface area contributed by atoms with Gasteiger partial charge in [0.25, 0.3) is 0 Å². The number of benzene rings is 1. The number of halogens is 1. The van der Waals surface area contributed by atoms with Crippen molar-refractivity contribution in [1.29, 1.82) is 0 Å². The summed E-state index contributed by atoms with van der Waals surface area (Å²) in [4.78, 5) is 16.7. The monoisotopic (exact) mass is 504 g/mol. The van der Waals surface area contributed by atoms with E-state index in [1.54, 1.807) is 0 Å². The van der Waals surface area contributed by atoms with Gasteiger partial charge in [0.05, 0.1) is 6.54 Å². The van der Waals surface area contributed by atoms with Crippen molar-refractivity contribution in [2.75, 3.05) is 24.2 Å². The van der Waals surface area contributed by atoms with Crippen LogP contribution < -0.4 is 16.0 Å². The molecule has 0 bridgehead atoms. The summed E-state index contributed by atoms with van der Waals surface area (Å²) >= 11 is 2.04. The topological polar surface area (TPSA) is 65.5 Å². The van der Waals surface area contributed by atoms with E-state index in [1.165, 1.54) is 18.6 Å². The van der Waals surface area contributed by atoms with Crippen LogP contribution in [0.4, 0.5) is 5.69 Å². The Bertz CT molecular complexity index is 605. The van der Waals surface area contributed by atoms with Gasteiger partial charge in [-0.05, 0) is 49.6 Å². The molecule has 2 unspecified atom stereocenters. The summed E-state index contributed by atoms with van der Waals surface area (Å²) in [7, 11) is 0. The first-order valence-electron chi connectivity index (χ1n) is 9.66. The fourth-order valence-electron chi connectivity index (χ4n) is 2.73. The maximum atomic E-state index is 12.1. The second-order valence-electron chi connectivity index (χ2n) is 6.71. The van der Waals surface area contributed by atoms with Crippen molar-refractivity contribution < 1.29 is 4.79 Å². The number of carbonyl (C=O) groups is 1. The number of nitrogens with zero attached hydrogens (tertiary/aromatic N) is 1. The van der Waals surface area contributed by atoms with Crippen LogP contribution >= 0.6 is 35.7 Å². The van der Waals surface area contributed by atoms with E-state index in [1.807, 2.05) is 49.9 Å². The smallest absolute Gasteiger partial charge is 0.227 e. The highest BCUT2D eigenvalue weighted by Gasteiger charge is 2.15. The Morgan fingerprint density at radius 1 is 1.33 bits per heavy atom. The molecule has 7 heteroatoms. The van der Waals surface area contributed by atoms with Crippen molar-refractivity contribution in [3.8, 4) is 0 Å². The van der Waals surface area contributed by atoms with Crippen LogP contribution in [0.5, 0.6) is 0 Å². The summed E-state index contributed by atoms with van der Waals surface area (Å²) in [6.45, 7) is 8.43. The molecule has 0 aliphatic carbocycles. The fourth-order valence-corrected chi connectivity index (χ4v) is 3.93. The van der Waals surface area contributed by atoms with Crippen molar-refractivity contribution in [2.24, 2.45) is 10.9 Å². The molecule has 2 atom stereocenters. The van der Waals surface area contributed by atoms with Gasteiger partial charge >= 0.3 is 0 Å². The van der Waals surface area contributed by atoms with E-state index in [9.17, 15) is 4.79 Å². The van der Waals surface area contributed by atoms with E-state index in [0.717, 1.165) is 36.7 Å². The van der Waals surface area contributed by atoms with Crippen LogP contribution in [0.25, 0.3) is 0 Å². The van der Waals surface area contributed by atoms with Crippen LogP contribution in [0.1, 0.15) is 45.6 Å². The van der Waals surface area contributed by atoms with E-state index >= 15 is 0 Å². The lowest BCUT2D eigenvalue weighted by molar-refractivity contribution is -0.119. The predicted octanol–water partition coefficient (Wildman–Crippen LogP) is 4.24. The summed E-state index contributed by atoms with van der Waals surface area (Å²) in [6, 6.07) is 7.93. The normalized spacial score (nSPS) is 17.7. The molecule has 3 N–H and O–H groups in total. The maximum Gasteiger partial charge on any atom is 0.227 e. The van der Waals surface area contributed by atoms with Gasteiger partial charge in [0.2, 0.25) is 5.91 Å². The lowest BCUT2D eigenvalue weighted by Crippen LogP contribution is -2.40. The standard InChI is InChI=1S/C20H32N4OS.HI/c1-4-15(3)19(25)24-17-9-6-8-16(12-17)13-22-20(21-5-2)23-14-18-10-7-11-26-18;/h6,8-9,12,15,18H,4-5,7,10-11,13-14H2,1-3H3,(H,24,25)(H2,21,22,23);1H. The summed E-state index contributed by atoms with van der Waals surface area (Å²) in [5, 5.41) is 10.4. The van der Waals surface area contributed by atoms with Gasteiger partial charge in [0, 0.05) is 29.9 Å². The van der Waals surface area contributed by atoms with Gasteiger partial charge in [-0.15, -0.1) is 24.0 Å². The van der Waals surface area contributed by atoms with Gasteiger partial charge in [0.15, 0.2) is 5.96 Å². The molecule has 1 saturated heterocycles. The molecule has 5 nitrogen and oxygen atoms in total. The lowest BCUT2D eigenvalue weighted by Gasteiger charge is -2.14. The number of nitrogens with one attached hydrogen (secondary N) is 3. The second kappa shape index (κ2) is 13.3. The molecule has 1 aliphatic heterocycles. The van der Waals surface area contributed by atoms with Gasteiger partial charge < -0.3 is 16.0 Å². The first-order valence-corrected chi connectivity index (χ1v) is 10.7. The Hall–Kier alpha value is -0.960. The Kier molecular flexibility index (Phi) is 11.8. The van der Waals surface area contributed by atoms with Crippen LogP contribution in [-0.4, -0.2) is 36.0 Å². The Balaban J connectivity index is 0.00000364. The fraction of sp³-hybridized carbons (Fsp3) is 0.600. The average molecular weight is 504 g/mol. The number of hydrogen-bond acceptors (Lipinski definition) is 3. The molecule has 152 valence electrons. The van der Waals surface area contributed by atoms with Gasteiger partial charge in [0.1, 0.15) is 0 Å². The summed E-state index contributed by atoms with van der Waals surface area (Å²) < 4.78 is 0. The van der Waals surface area contributed by atoms with Gasteiger partial charge in [-0.25, -0.2) is 4.99 Å². The highest BCUT2D eigenvalue weighted by atomic mass is 127. The number of aliphatic imine (C=N–C) groups is 1. The molecule has 1 aromatic rings. The largest absolute Gasteiger partial charge is 0.357 e. The van der Waals surface area contributed by atoms with Crippen LogP contribution in [0.3, 0.4) is 0 Å². The molecule has 27 heavy (non-hydrogen) atoms. The van der Waals surface area contributed by atoms with E-state index in [0.29, 0.717) is 11.8 Å². The third-order valence-corrected chi connectivity index (χ3v) is 5.94. The molecular weight excluding hydrogens is 471 g/mol. The van der Waals surface area contributed by atoms with E-state index in [-0.39, 0.29) is 35.8 Å². The van der Waals surface area contributed by atoms with Crippen LogP contribution in [-0.2, 0) is 11.3 Å². The SMILES string of the molecule is CCNC(=NCc1cccc(NC(=O)C(C)CC)c1)NCC1CCCS1.I. The molecule has 0 spiro atoms. The first-order chi connectivity index (χ1) is 12.6. The minimum absolute atomic E-state index is 0. The zero-order valence-corrected chi connectivity index (χ0v) is 19.7. The summed E-state index contributed by atoms with van der Waals surface area (Å²) in [6.07, 6.45) is 3.45. The number of rotatable bonds is 8. The van der Waals surface area contributed by atoms with Gasteiger partial charge in [-0.3, -0.25) is 4.79 Å². The summed E-state index contributed by atoms with van der Waals surface area (Å²) in [5.74, 6) is 2.22. The molecule has 2 rings (SSSR count).